The van der Waals surface area contributed by atoms with Crippen LogP contribution in [-0.2, 0) is 5.41 Å². The molecule has 286 valence electrons. The van der Waals surface area contributed by atoms with Crippen molar-refractivity contribution in [3.8, 4) is 50.3 Å². The highest BCUT2D eigenvalue weighted by Gasteiger charge is 2.36. The van der Waals surface area contributed by atoms with Crippen molar-refractivity contribution in [1.82, 2.24) is 4.57 Å². The fourth-order valence-corrected chi connectivity index (χ4v) is 9.55. The monoisotopic (exact) mass is 772 g/mol. The Bertz CT molecular complexity index is 3210. The second-order valence-electron chi connectivity index (χ2n) is 16.3. The van der Waals surface area contributed by atoms with Crippen molar-refractivity contribution < 1.29 is 4.39 Å². The molecular weight excluding hydrogens is 732 g/mol. The van der Waals surface area contributed by atoms with Gasteiger partial charge in [0.2, 0.25) is 0 Å². The summed E-state index contributed by atoms with van der Waals surface area (Å²) in [5.74, 6) is -0.252. The molecule has 10 aromatic rings. The van der Waals surface area contributed by atoms with Crippen molar-refractivity contribution in [2.24, 2.45) is 0 Å². The van der Waals surface area contributed by atoms with Gasteiger partial charge in [0.1, 0.15) is 5.82 Å². The van der Waals surface area contributed by atoms with E-state index in [1.807, 2.05) is 18.2 Å². The van der Waals surface area contributed by atoms with Gasteiger partial charge < -0.3 is 9.47 Å². The maximum absolute atomic E-state index is 14.3. The van der Waals surface area contributed by atoms with Crippen LogP contribution in [0.4, 0.5) is 21.5 Å². The molecule has 11 rings (SSSR count). The number of anilines is 3. The second kappa shape index (κ2) is 14.1. The molecule has 0 radical (unpaired) electrons. The molecule has 1 aliphatic carbocycles. The van der Waals surface area contributed by atoms with E-state index < -0.39 is 0 Å². The summed E-state index contributed by atoms with van der Waals surface area (Å²) in [4.78, 5) is 2.40. The minimum atomic E-state index is -0.252. The quantitative estimate of drug-likeness (QED) is 0.157. The van der Waals surface area contributed by atoms with Gasteiger partial charge in [0.25, 0.3) is 0 Å². The molecule has 0 amide bonds. The van der Waals surface area contributed by atoms with Crippen molar-refractivity contribution in [1.29, 1.82) is 0 Å². The van der Waals surface area contributed by atoms with Crippen LogP contribution < -0.4 is 4.90 Å². The van der Waals surface area contributed by atoms with Crippen molar-refractivity contribution in [2.45, 2.75) is 19.3 Å². The predicted molar refractivity (Wildman–Crippen MR) is 249 cm³/mol. The van der Waals surface area contributed by atoms with Crippen LogP contribution in [0.3, 0.4) is 0 Å². The molecule has 0 aliphatic heterocycles. The van der Waals surface area contributed by atoms with Crippen LogP contribution in [0.5, 0.6) is 0 Å². The highest BCUT2D eigenvalue weighted by atomic mass is 19.1. The van der Waals surface area contributed by atoms with E-state index in [0.29, 0.717) is 0 Å². The third-order valence-corrected chi connectivity index (χ3v) is 12.4. The van der Waals surface area contributed by atoms with Crippen molar-refractivity contribution >= 4 is 38.7 Å². The summed E-state index contributed by atoms with van der Waals surface area (Å²) in [6.45, 7) is 4.73. The second-order valence-corrected chi connectivity index (χ2v) is 16.3. The third-order valence-electron chi connectivity index (χ3n) is 12.4. The average molecular weight is 773 g/mol. The number of aromatic nitrogens is 1. The van der Waals surface area contributed by atoms with E-state index >= 15 is 0 Å². The Morgan fingerprint density at radius 3 is 1.80 bits per heavy atom. The highest BCUT2D eigenvalue weighted by molar-refractivity contribution is 6.07. The minimum absolute atomic E-state index is 0.247. The molecule has 2 nitrogen and oxygen atoms in total. The van der Waals surface area contributed by atoms with E-state index in [1.165, 1.54) is 38.6 Å². The topological polar surface area (TPSA) is 8.17 Å². The van der Waals surface area contributed by atoms with Gasteiger partial charge in [-0.05, 0) is 123 Å². The Labute approximate surface area is 350 Å². The first-order valence-corrected chi connectivity index (χ1v) is 20.6. The summed E-state index contributed by atoms with van der Waals surface area (Å²) in [5.41, 5.74) is 17.1. The summed E-state index contributed by atoms with van der Waals surface area (Å²) < 4.78 is 16.6. The fraction of sp³-hybridized carbons (Fsp3) is 0.0526. The van der Waals surface area contributed by atoms with E-state index in [2.05, 4.69) is 205 Å². The third kappa shape index (κ3) is 5.77. The molecule has 0 saturated carbocycles. The Morgan fingerprint density at radius 1 is 0.450 bits per heavy atom. The number of hydrogen-bond acceptors (Lipinski definition) is 1. The summed E-state index contributed by atoms with van der Waals surface area (Å²) in [5, 5.41) is 3.58. The van der Waals surface area contributed by atoms with Crippen LogP contribution in [-0.4, -0.2) is 4.57 Å². The number of halogens is 1. The van der Waals surface area contributed by atoms with Crippen molar-refractivity contribution in [3.63, 3.8) is 0 Å². The zero-order chi connectivity index (χ0) is 40.4. The fourth-order valence-electron chi connectivity index (χ4n) is 9.55. The van der Waals surface area contributed by atoms with Gasteiger partial charge in [-0.2, -0.15) is 0 Å². The van der Waals surface area contributed by atoms with Crippen LogP contribution in [0.15, 0.2) is 212 Å². The van der Waals surface area contributed by atoms with Crippen molar-refractivity contribution in [2.75, 3.05) is 4.90 Å². The molecular formula is C57H41FN2. The molecule has 0 bridgehead atoms. The van der Waals surface area contributed by atoms with E-state index in [1.54, 1.807) is 12.1 Å². The van der Waals surface area contributed by atoms with E-state index in [9.17, 15) is 4.39 Å². The lowest BCUT2D eigenvalue weighted by Crippen LogP contribution is -2.16. The highest BCUT2D eigenvalue weighted by Crippen LogP contribution is 2.52. The lowest BCUT2D eigenvalue weighted by molar-refractivity contribution is 0.627. The first kappa shape index (κ1) is 35.7. The maximum atomic E-state index is 14.3. The van der Waals surface area contributed by atoms with Gasteiger partial charge in [0.05, 0.1) is 16.9 Å². The van der Waals surface area contributed by atoms with Gasteiger partial charge in [-0.1, -0.05) is 153 Å². The number of fused-ring (bicyclic) bond motifs is 5. The van der Waals surface area contributed by atoms with Crippen molar-refractivity contribution in [3.05, 3.63) is 229 Å². The summed E-state index contributed by atoms with van der Waals surface area (Å²) in [6.07, 6.45) is 0. The van der Waals surface area contributed by atoms with Crippen LogP contribution in [0.1, 0.15) is 25.0 Å². The summed E-state index contributed by atoms with van der Waals surface area (Å²) >= 11 is 0. The van der Waals surface area contributed by atoms with E-state index in [0.717, 1.165) is 61.6 Å². The lowest BCUT2D eigenvalue weighted by atomic mass is 9.81. The van der Waals surface area contributed by atoms with Gasteiger partial charge in [-0.3, -0.25) is 0 Å². The first-order valence-electron chi connectivity index (χ1n) is 20.6. The zero-order valence-electron chi connectivity index (χ0n) is 33.5. The average Bonchev–Trinajstić information content (AvgIpc) is 3.75. The molecule has 0 spiro atoms. The predicted octanol–water partition coefficient (Wildman–Crippen LogP) is 15.7. The zero-order valence-corrected chi connectivity index (χ0v) is 33.5. The number of rotatable bonds is 7. The van der Waals surface area contributed by atoms with Gasteiger partial charge in [-0.25, -0.2) is 4.39 Å². The standard InChI is InChI=1S/C57H41FN2/c1-57(2)51-36-42(25-32-48(51)49-33-31-46(37-52(49)57)59(44-21-10-5-11-22-44)53-24-14-20-38-15-12-13-23-47(38)53)41-26-34-54-50(35-41)55(39-16-6-3-7-17-39)56(40-18-8-4-9-19-40)60(54)45-29-27-43(58)28-30-45/h3-37H,1-2H3. The molecule has 0 atom stereocenters. The van der Waals surface area contributed by atoms with E-state index in [4.69, 9.17) is 0 Å². The molecule has 1 heterocycles. The Kier molecular flexibility index (Phi) is 8.38. The molecule has 60 heavy (non-hydrogen) atoms. The minimum Gasteiger partial charge on any atom is -0.310 e. The van der Waals surface area contributed by atoms with Crippen LogP contribution in [0.2, 0.25) is 0 Å². The Balaban J connectivity index is 1.05. The normalized spacial score (nSPS) is 12.7. The summed E-state index contributed by atoms with van der Waals surface area (Å²) in [7, 11) is 0. The largest absolute Gasteiger partial charge is 0.310 e. The molecule has 1 aliphatic rings. The first-order chi connectivity index (χ1) is 29.4. The van der Waals surface area contributed by atoms with Crippen LogP contribution in [0.25, 0.3) is 72.0 Å². The summed E-state index contributed by atoms with van der Waals surface area (Å²) in [6, 6.07) is 74.7. The molecule has 0 saturated heterocycles. The SMILES string of the molecule is CC1(C)c2cc(-c3ccc4c(c3)c(-c3ccccc3)c(-c3ccccc3)n4-c3ccc(F)cc3)ccc2-c2ccc(N(c3ccccc3)c3cccc4ccccc34)cc21. The molecule has 3 heteroatoms. The number of benzene rings is 9. The Morgan fingerprint density at radius 2 is 1.05 bits per heavy atom. The van der Waals surface area contributed by atoms with Crippen LogP contribution in [0, 0.1) is 5.82 Å². The van der Waals surface area contributed by atoms with Crippen LogP contribution >= 0.6 is 0 Å². The number of hydrogen-bond donors (Lipinski definition) is 0. The van der Waals surface area contributed by atoms with Gasteiger partial charge in [0, 0.05) is 38.8 Å². The van der Waals surface area contributed by atoms with Gasteiger partial charge in [-0.15, -0.1) is 0 Å². The molecule has 1 aromatic heterocycles. The Hall–Kier alpha value is -7.49. The smallest absolute Gasteiger partial charge is 0.123 e. The molecule has 0 unspecified atom stereocenters. The molecule has 0 N–H and O–H groups in total. The molecule has 0 fully saturated rings. The van der Waals surface area contributed by atoms with Gasteiger partial charge >= 0.3 is 0 Å². The number of nitrogens with zero attached hydrogens (tertiary/aromatic N) is 2. The van der Waals surface area contributed by atoms with Gasteiger partial charge in [0.15, 0.2) is 0 Å². The molecule has 9 aromatic carbocycles. The maximum Gasteiger partial charge on any atom is 0.123 e. The number of para-hydroxylation sites is 1. The lowest BCUT2D eigenvalue weighted by Gasteiger charge is -2.29. The van der Waals surface area contributed by atoms with E-state index in [-0.39, 0.29) is 11.2 Å².